The van der Waals surface area contributed by atoms with Crippen molar-refractivity contribution in [3.8, 4) is 5.75 Å². The standard InChI is InChI=1S/C30H38N6O2/c1-4-28(29-32-33-34-36(29)25-11-6-7-12-25)35(16-15-22-10-8-9-21(3)17-22)20-24-18-23-19-26(38-5-2)13-14-27(23)31-30(24)37/h8-10,13-14,17-19,25,28H,4-7,11-12,15-16,20H2,1-3H3,(H,31,37)/t28-/m0/s1. The highest BCUT2D eigenvalue weighted by atomic mass is 16.5. The number of aromatic nitrogens is 5. The van der Waals surface area contributed by atoms with Gasteiger partial charge in [0.25, 0.3) is 5.56 Å². The molecular weight excluding hydrogens is 476 g/mol. The van der Waals surface area contributed by atoms with E-state index in [0.717, 1.165) is 60.3 Å². The molecule has 0 saturated heterocycles. The van der Waals surface area contributed by atoms with Crippen molar-refractivity contribution < 1.29 is 4.74 Å². The second kappa shape index (κ2) is 11.9. The highest BCUT2D eigenvalue weighted by molar-refractivity contribution is 5.80. The maximum atomic E-state index is 13.2. The fourth-order valence-electron chi connectivity index (χ4n) is 5.74. The molecule has 0 bridgehead atoms. The third-order valence-electron chi connectivity index (χ3n) is 7.66. The van der Waals surface area contributed by atoms with Crippen molar-refractivity contribution in [3.63, 3.8) is 0 Å². The lowest BCUT2D eigenvalue weighted by Gasteiger charge is -2.31. The number of aryl methyl sites for hydroxylation is 1. The molecule has 200 valence electrons. The predicted molar refractivity (Wildman–Crippen MR) is 149 cm³/mol. The Hall–Kier alpha value is -3.52. The number of hydrogen-bond acceptors (Lipinski definition) is 6. The predicted octanol–water partition coefficient (Wildman–Crippen LogP) is 5.53. The van der Waals surface area contributed by atoms with Gasteiger partial charge >= 0.3 is 0 Å². The van der Waals surface area contributed by atoms with Gasteiger partial charge < -0.3 is 9.72 Å². The van der Waals surface area contributed by atoms with Gasteiger partial charge in [0.05, 0.1) is 18.7 Å². The van der Waals surface area contributed by atoms with E-state index in [2.05, 4.69) is 68.2 Å². The molecule has 0 unspecified atom stereocenters. The van der Waals surface area contributed by atoms with Crippen molar-refractivity contribution >= 4 is 10.9 Å². The van der Waals surface area contributed by atoms with E-state index in [1.54, 1.807) is 0 Å². The Morgan fingerprint density at radius 1 is 1.13 bits per heavy atom. The zero-order chi connectivity index (χ0) is 26.5. The van der Waals surface area contributed by atoms with Crippen LogP contribution in [-0.4, -0.2) is 43.2 Å². The largest absolute Gasteiger partial charge is 0.494 e. The molecule has 4 aromatic rings. The van der Waals surface area contributed by atoms with E-state index >= 15 is 0 Å². The maximum absolute atomic E-state index is 13.2. The number of ether oxygens (including phenoxy) is 1. The number of nitrogens with zero attached hydrogens (tertiary/aromatic N) is 5. The Bertz CT molecular complexity index is 1420. The van der Waals surface area contributed by atoms with Gasteiger partial charge in [-0.15, -0.1) is 5.10 Å². The van der Waals surface area contributed by atoms with Crippen LogP contribution in [0.25, 0.3) is 10.9 Å². The fraction of sp³-hybridized carbons (Fsp3) is 0.467. The molecule has 2 aromatic heterocycles. The Labute approximate surface area is 224 Å². The summed E-state index contributed by atoms with van der Waals surface area (Å²) >= 11 is 0. The van der Waals surface area contributed by atoms with E-state index in [-0.39, 0.29) is 11.6 Å². The van der Waals surface area contributed by atoms with Gasteiger partial charge in [0, 0.05) is 29.6 Å². The minimum absolute atomic E-state index is 0.000246. The van der Waals surface area contributed by atoms with Gasteiger partial charge in [-0.3, -0.25) is 9.69 Å². The summed E-state index contributed by atoms with van der Waals surface area (Å²) in [4.78, 5) is 18.7. The average molecular weight is 515 g/mol. The topological polar surface area (TPSA) is 88.9 Å². The number of benzene rings is 2. The molecule has 0 aliphatic heterocycles. The number of hydrogen-bond donors (Lipinski definition) is 1. The van der Waals surface area contributed by atoms with Gasteiger partial charge in [0.1, 0.15) is 5.75 Å². The third-order valence-corrected chi connectivity index (χ3v) is 7.66. The van der Waals surface area contributed by atoms with Crippen LogP contribution in [0.1, 0.15) is 80.6 Å². The molecule has 1 aliphatic rings. The maximum Gasteiger partial charge on any atom is 0.252 e. The van der Waals surface area contributed by atoms with Gasteiger partial charge in [0.2, 0.25) is 0 Å². The summed E-state index contributed by atoms with van der Waals surface area (Å²) < 4.78 is 7.76. The minimum Gasteiger partial charge on any atom is -0.494 e. The number of rotatable bonds is 11. The van der Waals surface area contributed by atoms with E-state index in [4.69, 9.17) is 4.74 Å². The lowest BCUT2D eigenvalue weighted by atomic mass is 10.1. The summed E-state index contributed by atoms with van der Waals surface area (Å²) in [6.45, 7) is 8.16. The SMILES string of the molecule is CCOc1ccc2[nH]c(=O)c(CN(CCc3cccc(C)c3)[C@@H](CC)c3nnnn3C3CCCC3)cc2c1. The third kappa shape index (κ3) is 5.80. The van der Waals surface area contributed by atoms with Gasteiger partial charge in [-0.1, -0.05) is 49.6 Å². The highest BCUT2D eigenvalue weighted by Gasteiger charge is 2.29. The zero-order valence-electron chi connectivity index (χ0n) is 22.7. The molecule has 1 aliphatic carbocycles. The van der Waals surface area contributed by atoms with Gasteiger partial charge in [-0.05, 0) is 79.8 Å². The molecular formula is C30H38N6O2. The Morgan fingerprint density at radius 3 is 2.74 bits per heavy atom. The van der Waals surface area contributed by atoms with Crippen LogP contribution >= 0.6 is 0 Å². The summed E-state index contributed by atoms with van der Waals surface area (Å²) in [7, 11) is 0. The molecule has 1 N–H and O–H groups in total. The van der Waals surface area contributed by atoms with Crippen LogP contribution in [0.5, 0.6) is 5.75 Å². The lowest BCUT2D eigenvalue weighted by Crippen LogP contribution is -2.34. The second-order valence-electron chi connectivity index (χ2n) is 10.4. The van der Waals surface area contributed by atoms with Crippen LogP contribution in [0.4, 0.5) is 0 Å². The Kier molecular flexibility index (Phi) is 8.17. The Balaban J connectivity index is 1.49. The number of nitrogens with one attached hydrogen (secondary N) is 1. The smallest absolute Gasteiger partial charge is 0.252 e. The normalized spacial score (nSPS) is 14.9. The first kappa shape index (κ1) is 26.1. The first-order valence-electron chi connectivity index (χ1n) is 13.9. The van der Waals surface area contributed by atoms with E-state index < -0.39 is 0 Å². The monoisotopic (exact) mass is 514 g/mol. The zero-order valence-corrected chi connectivity index (χ0v) is 22.7. The highest BCUT2D eigenvalue weighted by Crippen LogP contribution is 2.33. The molecule has 1 fully saturated rings. The second-order valence-corrected chi connectivity index (χ2v) is 10.4. The van der Waals surface area contributed by atoms with Crippen molar-refractivity contribution in [1.82, 2.24) is 30.1 Å². The summed E-state index contributed by atoms with van der Waals surface area (Å²) in [5.74, 6) is 1.70. The molecule has 8 heteroatoms. The number of aromatic amines is 1. The molecule has 0 amide bonds. The average Bonchev–Trinajstić information content (AvgIpc) is 3.61. The molecule has 0 spiro atoms. The quantitative estimate of drug-likeness (QED) is 0.283. The van der Waals surface area contributed by atoms with Crippen LogP contribution in [-0.2, 0) is 13.0 Å². The van der Waals surface area contributed by atoms with Gasteiger partial charge in [-0.2, -0.15) is 0 Å². The molecule has 2 heterocycles. The van der Waals surface area contributed by atoms with Gasteiger partial charge in [0.15, 0.2) is 5.82 Å². The molecule has 2 aromatic carbocycles. The molecule has 1 saturated carbocycles. The van der Waals surface area contributed by atoms with Crippen molar-refractivity contribution in [3.05, 3.63) is 81.4 Å². The van der Waals surface area contributed by atoms with Crippen molar-refractivity contribution in [2.24, 2.45) is 0 Å². The van der Waals surface area contributed by atoms with Crippen LogP contribution in [0.15, 0.2) is 53.3 Å². The number of tetrazole rings is 1. The minimum atomic E-state index is -0.0625. The first-order valence-corrected chi connectivity index (χ1v) is 13.9. The summed E-state index contributed by atoms with van der Waals surface area (Å²) in [5.41, 5.74) is 4.02. The number of H-pyrrole nitrogens is 1. The molecule has 8 nitrogen and oxygen atoms in total. The van der Waals surface area contributed by atoms with Crippen molar-refractivity contribution in [2.75, 3.05) is 13.2 Å². The van der Waals surface area contributed by atoms with Crippen molar-refractivity contribution in [1.29, 1.82) is 0 Å². The fourth-order valence-corrected chi connectivity index (χ4v) is 5.74. The van der Waals surface area contributed by atoms with Crippen LogP contribution < -0.4 is 10.3 Å². The van der Waals surface area contributed by atoms with Crippen LogP contribution in [0.3, 0.4) is 0 Å². The molecule has 5 rings (SSSR count). The van der Waals surface area contributed by atoms with E-state index in [0.29, 0.717) is 19.2 Å². The number of fused-ring (bicyclic) bond motifs is 1. The molecule has 0 radical (unpaired) electrons. The van der Waals surface area contributed by atoms with E-state index in [1.165, 1.54) is 24.0 Å². The van der Waals surface area contributed by atoms with Gasteiger partial charge in [-0.25, -0.2) is 4.68 Å². The Morgan fingerprint density at radius 2 is 1.97 bits per heavy atom. The first-order chi connectivity index (χ1) is 18.6. The van der Waals surface area contributed by atoms with E-state index in [1.807, 2.05) is 31.2 Å². The van der Waals surface area contributed by atoms with Crippen molar-refractivity contribution in [2.45, 2.75) is 77.9 Å². The summed E-state index contributed by atoms with van der Waals surface area (Å²) in [5, 5.41) is 14.0. The number of pyridine rings is 1. The van der Waals surface area contributed by atoms with Crippen LogP contribution in [0, 0.1) is 6.92 Å². The molecule has 1 atom stereocenters. The van der Waals surface area contributed by atoms with E-state index in [9.17, 15) is 4.79 Å². The lowest BCUT2D eigenvalue weighted by molar-refractivity contribution is 0.169. The molecule has 38 heavy (non-hydrogen) atoms. The summed E-state index contributed by atoms with van der Waals surface area (Å²) in [6, 6.07) is 16.8. The van der Waals surface area contributed by atoms with Crippen LogP contribution in [0.2, 0.25) is 0 Å². The summed E-state index contributed by atoms with van der Waals surface area (Å²) in [6.07, 6.45) is 6.39.